The third-order valence-corrected chi connectivity index (χ3v) is 3.61. The fraction of sp³-hybridized carbons (Fsp3) is 0.571. The van der Waals surface area contributed by atoms with Crippen LogP contribution in [0.4, 0.5) is 4.39 Å². The van der Waals surface area contributed by atoms with Crippen LogP contribution in [0.1, 0.15) is 42.6 Å². The molecule has 1 aromatic rings. The topological polar surface area (TPSA) is 62.2 Å². The van der Waals surface area contributed by atoms with Crippen LogP contribution in [-0.2, 0) is 0 Å². The summed E-state index contributed by atoms with van der Waals surface area (Å²) in [5.41, 5.74) is 0.0378. The number of pyridine rings is 1. The molecule has 1 atom stereocenters. The molecule has 104 valence electrons. The molecule has 0 aliphatic heterocycles. The summed E-state index contributed by atoms with van der Waals surface area (Å²) in [4.78, 5) is 15.2. The zero-order valence-electron chi connectivity index (χ0n) is 10.8. The monoisotopic (exact) mass is 266 g/mol. The number of halogens is 1. The summed E-state index contributed by atoms with van der Waals surface area (Å²) in [5, 5.41) is 12.6. The number of amides is 1. The van der Waals surface area contributed by atoms with E-state index in [9.17, 15) is 14.3 Å². The molecule has 0 aromatic carbocycles. The molecular formula is C14H19FN2O2. The number of nitrogens with one attached hydrogen (secondary N) is 1. The van der Waals surface area contributed by atoms with Gasteiger partial charge in [0, 0.05) is 6.54 Å². The van der Waals surface area contributed by atoms with E-state index in [0.717, 1.165) is 25.7 Å². The lowest BCUT2D eigenvalue weighted by Gasteiger charge is -2.26. The second-order valence-electron chi connectivity index (χ2n) is 5.02. The van der Waals surface area contributed by atoms with Crippen molar-refractivity contribution < 1.29 is 14.3 Å². The number of hydrogen-bond donors (Lipinski definition) is 2. The van der Waals surface area contributed by atoms with Crippen LogP contribution in [0.15, 0.2) is 18.2 Å². The lowest BCUT2D eigenvalue weighted by atomic mass is 9.85. The fourth-order valence-electron chi connectivity index (χ4n) is 2.51. The molecule has 0 bridgehead atoms. The molecule has 0 spiro atoms. The Morgan fingerprint density at radius 3 is 2.84 bits per heavy atom. The summed E-state index contributed by atoms with van der Waals surface area (Å²) in [7, 11) is 0. The highest BCUT2D eigenvalue weighted by molar-refractivity contribution is 5.92. The first-order valence-electron chi connectivity index (χ1n) is 6.75. The molecule has 2 N–H and O–H groups in total. The van der Waals surface area contributed by atoms with Crippen molar-refractivity contribution in [3.8, 4) is 0 Å². The van der Waals surface area contributed by atoms with Gasteiger partial charge < -0.3 is 10.4 Å². The summed E-state index contributed by atoms with van der Waals surface area (Å²) in [5.74, 6) is -0.871. The number of aliphatic hydroxyl groups excluding tert-OH is 1. The average molecular weight is 266 g/mol. The van der Waals surface area contributed by atoms with Gasteiger partial charge in [0.15, 0.2) is 0 Å². The predicted octanol–water partition coefficient (Wildman–Crippen LogP) is 1.89. The van der Waals surface area contributed by atoms with Crippen molar-refractivity contribution >= 4 is 5.91 Å². The van der Waals surface area contributed by atoms with Gasteiger partial charge in [0.25, 0.3) is 5.91 Å². The van der Waals surface area contributed by atoms with E-state index in [2.05, 4.69) is 10.3 Å². The largest absolute Gasteiger partial charge is 0.391 e. The van der Waals surface area contributed by atoms with Gasteiger partial charge in [0.2, 0.25) is 5.95 Å². The first-order valence-corrected chi connectivity index (χ1v) is 6.75. The van der Waals surface area contributed by atoms with Crippen molar-refractivity contribution in [3.63, 3.8) is 0 Å². The van der Waals surface area contributed by atoms with Crippen LogP contribution >= 0.6 is 0 Å². The molecule has 1 heterocycles. The zero-order valence-corrected chi connectivity index (χ0v) is 10.8. The van der Waals surface area contributed by atoms with Crippen LogP contribution in [0.25, 0.3) is 0 Å². The number of carbonyl (C=O) groups is 1. The van der Waals surface area contributed by atoms with Crippen LogP contribution in [0.5, 0.6) is 0 Å². The second kappa shape index (κ2) is 6.61. The van der Waals surface area contributed by atoms with Crippen LogP contribution in [-0.4, -0.2) is 28.6 Å². The Morgan fingerprint density at radius 2 is 2.16 bits per heavy atom. The van der Waals surface area contributed by atoms with Gasteiger partial charge in [-0.25, -0.2) is 4.98 Å². The quantitative estimate of drug-likeness (QED) is 0.818. The Labute approximate surface area is 112 Å². The van der Waals surface area contributed by atoms with Crippen LogP contribution in [0.2, 0.25) is 0 Å². The van der Waals surface area contributed by atoms with Gasteiger partial charge in [-0.15, -0.1) is 0 Å². The van der Waals surface area contributed by atoms with Crippen LogP contribution < -0.4 is 5.32 Å². The standard InChI is InChI=1S/C14H19FN2O2/c15-13-8-4-7-11(17-13)14(19)16-9-12(18)10-5-2-1-3-6-10/h4,7-8,10,12,18H,1-3,5-6,9H2,(H,16,19)/t12-/m1/s1. The Hall–Kier alpha value is -1.49. The molecular weight excluding hydrogens is 247 g/mol. The molecule has 1 amide bonds. The van der Waals surface area contributed by atoms with Crippen LogP contribution in [0.3, 0.4) is 0 Å². The van der Waals surface area contributed by atoms with E-state index in [-0.39, 0.29) is 18.2 Å². The summed E-state index contributed by atoms with van der Waals surface area (Å²) in [6, 6.07) is 4.08. The van der Waals surface area contributed by atoms with E-state index in [0.29, 0.717) is 0 Å². The molecule has 5 heteroatoms. The lowest BCUT2D eigenvalue weighted by Crippen LogP contribution is -2.37. The molecule has 1 aliphatic rings. The number of aromatic nitrogens is 1. The van der Waals surface area contributed by atoms with Crippen molar-refractivity contribution in [2.24, 2.45) is 5.92 Å². The zero-order chi connectivity index (χ0) is 13.7. The summed E-state index contributed by atoms with van der Waals surface area (Å²) in [6.45, 7) is 0.196. The van der Waals surface area contributed by atoms with Crippen molar-refractivity contribution in [3.05, 3.63) is 29.8 Å². The van der Waals surface area contributed by atoms with Crippen molar-refractivity contribution in [2.45, 2.75) is 38.2 Å². The van der Waals surface area contributed by atoms with E-state index < -0.39 is 18.0 Å². The van der Waals surface area contributed by atoms with Crippen molar-refractivity contribution in [2.75, 3.05) is 6.54 Å². The van der Waals surface area contributed by atoms with Gasteiger partial charge in [-0.2, -0.15) is 4.39 Å². The summed E-state index contributed by atoms with van der Waals surface area (Å²) in [6.07, 6.45) is 4.99. The minimum absolute atomic E-state index is 0.0378. The molecule has 1 saturated carbocycles. The third-order valence-electron chi connectivity index (χ3n) is 3.61. The number of nitrogens with zero attached hydrogens (tertiary/aromatic N) is 1. The lowest BCUT2D eigenvalue weighted by molar-refractivity contribution is 0.0735. The maximum atomic E-state index is 12.9. The van der Waals surface area contributed by atoms with Crippen molar-refractivity contribution in [1.82, 2.24) is 10.3 Å². The first-order chi connectivity index (χ1) is 9.16. The van der Waals surface area contributed by atoms with Gasteiger partial charge in [0.05, 0.1) is 6.10 Å². The molecule has 0 unspecified atom stereocenters. The van der Waals surface area contributed by atoms with E-state index in [1.165, 1.54) is 24.6 Å². The molecule has 4 nitrogen and oxygen atoms in total. The summed E-state index contributed by atoms with van der Waals surface area (Å²) >= 11 is 0. The fourth-order valence-corrected chi connectivity index (χ4v) is 2.51. The maximum absolute atomic E-state index is 12.9. The molecule has 0 radical (unpaired) electrons. The highest BCUT2D eigenvalue weighted by Gasteiger charge is 2.22. The smallest absolute Gasteiger partial charge is 0.270 e. The Morgan fingerprint density at radius 1 is 1.42 bits per heavy atom. The Kier molecular flexibility index (Phi) is 4.85. The van der Waals surface area contributed by atoms with Gasteiger partial charge in [0.1, 0.15) is 5.69 Å². The number of hydrogen-bond acceptors (Lipinski definition) is 3. The molecule has 1 aliphatic carbocycles. The van der Waals surface area contributed by atoms with E-state index >= 15 is 0 Å². The molecule has 2 rings (SSSR count). The van der Waals surface area contributed by atoms with Gasteiger partial charge in [-0.3, -0.25) is 4.79 Å². The molecule has 19 heavy (non-hydrogen) atoms. The van der Waals surface area contributed by atoms with Gasteiger partial charge in [-0.1, -0.05) is 25.3 Å². The van der Waals surface area contributed by atoms with E-state index in [1.807, 2.05) is 0 Å². The predicted molar refractivity (Wildman–Crippen MR) is 69.1 cm³/mol. The third kappa shape index (κ3) is 3.99. The highest BCUT2D eigenvalue weighted by Crippen LogP contribution is 2.26. The molecule has 0 saturated heterocycles. The highest BCUT2D eigenvalue weighted by atomic mass is 19.1. The minimum Gasteiger partial charge on any atom is -0.391 e. The van der Waals surface area contributed by atoms with E-state index in [4.69, 9.17) is 0 Å². The normalized spacial score (nSPS) is 18.0. The van der Waals surface area contributed by atoms with Crippen LogP contribution in [0, 0.1) is 11.9 Å². The molecule has 1 aromatic heterocycles. The second-order valence-corrected chi connectivity index (χ2v) is 5.02. The number of carbonyl (C=O) groups excluding carboxylic acids is 1. The Bertz CT molecular complexity index is 433. The minimum atomic E-state index is -0.680. The SMILES string of the molecule is O=C(NC[C@@H](O)C1CCCCC1)c1cccc(F)n1. The van der Waals surface area contributed by atoms with Gasteiger partial charge in [-0.05, 0) is 30.9 Å². The average Bonchev–Trinajstić information content (AvgIpc) is 2.45. The summed E-state index contributed by atoms with van der Waals surface area (Å²) < 4.78 is 12.9. The van der Waals surface area contributed by atoms with Gasteiger partial charge >= 0.3 is 0 Å². The number of rotatable bonds is 4. The maximum Gasteiger partial charge on any atom is 0.270 e. The van der Waals surface area contributed by atoms with E-state index in [1.54, 1.807) is 0 Å². The van der Waals surface area contributed by atoms with Crippen molar-refractivity contribution in [1.29, 1.82) is 0 Å². The first kappa shape index (κ1) is 13.9. The molecule has 1 fully saturated rings. The Balaban J connectivity index is 1.82. The number of aliphatic hydroxyl groups is 1.